The predicted octanol–water partition coefficient (Wildman–Crippen LogP) is 1.95. The van der Waals surface area contributed by atoms with Crippen LogP contribution in [0.15, 0.2) is 16.3 Å². The molecular formula is C11H13BrO4. The van der Waals surface area contributed by atoms with E-state index in [0.717, 1.165) is 0 Å². The highest BCUT2D eigenvalue weighted by Crippen LogP contribution is 2.58. The van der Waals surface area contributed by atoms with Crippen LogP contribution in [0, 0.1) is 17.3 Å². The van der Waals surface area contributed by atoms with Crippen molar-refractivity contribution in [3.63, 3.8) is 0 Å². The van der Waals surface area contributed by atoms with Crippen molar-refractivity contribution in [2.24, 2.45) is 17.3 Å². The second-order valence-corrected chi connectivity index (χ2v) is 5.07. The van der Waals surface area contributed by atoms with E-state index in [2.05, 4.69) is 26.4 Å². The minimum Gasteiger partial charge on any atom is -0.481 e. The Hall–Kier alpha value is -1.06. The molecule has 0 bridgehead atoms. The van der Waals surface area contributed by atoms with Gasteiger partial charge in [0.25, 0.3) is 0 Å². The molecule has 0 aromatic rings. The third-order valence-electron chi connectivity index (χ3n) is 2.93. The molecule has 0 amide bonds. The van der Waals surface area contributed by atoms with Gasteiger partial charge in [0.15, 0.2) is 0 Å². The van der Waals surface area contributed by atoms with Crippen LogP contribution < -0.4 is 0 Å². The van der Waals surface area contributed by atoms with Gasteiger partial charge in [-0.1, -0.05) is 13.8 Å². The van der Waals surface area contributed by atoms with E-state index in [4.69, 9.17) is 5.11 Å². The van der Waals surface area contributed by atoms with Gasteiger partial charge in [-0.3, -0.25) is 4.79 Å². The Kier molecular flexibility index (Phi) is 3.61. The van der Waals surface area contributed by atoms with Gasteiger partial charge in [0.05, 0.1) is 13.0 Å². The predicted molar refractivity (Wildman–Crippen MR) is 60.9 cm³/mol. The van der Waals surface area contributed by atoms with Crippen LogP contribution in [0.1, 0.15) is 13.8 Å². The van der Waals surface area contributed by atoms with Crippen LogP contribution in [0.5, 0.6) is 0 Å². The first kappa shape index (κ1) is 13.0. The molecule has 0 aromatic heterocycles. The van der Waals surface area contributed by atoms with E-state index >= 15 is 0 Å². The third kappa shape index (κ3) is 2.36. The fourth-order valence-corrected chi connectivity index (χ4v) is 2.07. The molecule has 16 heavy (non-hydrogen) atoms. The molecular weight excluding hydrogens is 276 g/mol. The minimum absolute atomic E-state index is 0.0952. The molecule has 1 fully saturated rings. The van der Waals surface area contributed by atoms with Gasteiger partial charge in [0, 0.05) is 5.92 Å². The van der Waals surface area contributed by atoms with Crippen LogP contribution in [0.2, 0.25) is 0 Å². The van der Waals surface area contributed by atoms with E-state index in [0.29, 0.717) is 0 Å². The fraction of sp³-hybridized carbons (Fsp3) is 0.545. The number of carbonyl (C=O) groups is 2. The molecule has 0 aromatic carbocycles. The number of hydrogen-bond acceptors (Lipinski definition) is 3. The summed E-state index contributed by atoms with van der Waals surface area (Å²) < 4.78 is 4.64. The lowest BCUT2D eigenvalue weighted by molar-refractivity contribution is -0.139. The standard InChI is InChI=1S/C11H13BrO4/c1-11(2)6(8(11)9(13)14)4-5-7(12)10(15)16-3/h4,6,8H,1-3H3,(H,13,14). The molecule has 2 unspecified atom stereocenters. The molecule has 0 saturated heterocycles. The lowest BCUT2D eigenvalue weighted by Crippen LogP contribution is -2.02. The lowest BCUT2D eigenvalue weighted by atomic mass is 10.1. The zero-order valence-electron chi connectivity index (χ0n) is 9.28. The lowest BCUT2D eigenvalue weighted by Gasteiger charge is -1.95. The number of hydrogen-bond donors (Lipinski definition) is 1. The van der Waals surface area contributed by atoms with Crippen molar-refractivity contribution in [3.8, 4) is 0 Å². The summed E-state index contributed by atoms with van der Waals surface area (Å²) in [7, 11) is 1.27. The number of aliphatic carboxylic acids is 1. The molecule has 0 radical (unpaired) electrons. The number of esters is 1. The summed E-state index contributed by atoms with van der Waals surface area (Å²) in [6.07, 6.45) is 1.61. The number of ether oxygens (including phenoxy) is 1. The number of methoxy groups -OCH3 is 1. The molecule has 1 aliphatic rings. The highest BCUT2D eigenvalue weighted by atomic mass is 79.9. The zero-order chi connectivity index (χ0) is 12.5. The van der Waals surface area contributed by atoms with Gasteiger partial charge in [0.1, 0.15) is 4.48 Å². The largest absolute Gasteiger partial charge is 0.481 e. The van der Waals surface area contributed by atoms with E-state index in [1.54, 1.807) is 6.08 Å². The van der Waals surface area contributed by atoms with E-state index in [-0.39, 0.29) is 15.8 Å². The summed E-state index contributed by atoms with van der Waals surface area (Å²) >= 11 is 3.01. The van der Waals surface area contributed by atoms with Gasteiger partial charge in [-0.15, -0.1) is 5.73 Å². The first-order chi connectivity index (χ1) is 7.32. The topological polar surface area (TPSA) is 63.6 Å². The Morgan fingerprint density at radius 3 is 2.44 bits per heavy atom. The van der Waals surface area contributed by atoms with Crippen molar-refractivity contribution in [2.45, 2.75) is 13.8 Å². The summed E-state index contributed by atoms with van der Waals surface area (Å²) in [6, 6.07) is 0. The molecule has 0 aliphatic heterocycles. The number of carboxylic acid groups (broad SMARTS) is 1. The first-order valence-electron chi connectivity index (χ1n) is 4.75. The molecule has 1 saturated carbocycles. The van der Waals surface area contributed by atoms with Gasteiger partial charge in [0.2, 0.25) is 0 Å². The van der Waals surface area contributed by atoms with Crippen molar-refractivity contribution in [2.75, 3.05) is 7.11 Å². The number of carboxylic acids is 1. The van der Waals surface area contributed by atoms with Crippen molar-refractivity contribution in [3.05, 3.63) is 16.3 Å². The molecule has 2 atom stereocenters. The normalized spacial score (nSPS) is 25.2. The molecule has 5 heteroatoms. The summed E-state index contributed by atoms with van der Waals surface area (Å²) in [5, 5.41) is 8.92. The highest BCUT2D eigenvalue weighted by Gasteiger charge is 2.60. The van der Waals surface area contributed by atoms with E-state index in [1.165, 1.54) is 7.11 Å². The van der Waals surface area contributed by atoms with Gasteiger partial charge < -0.3 is 9.84 Å². The molecule has 88 valence electrons. The van der Waals surface area contributed by atoms with E-state index in [9.17, 15) is 9.59 Å². The van der Waals surface area contributed by atoms with Crippen LogP contribution in [0.25, 0.3) is 0 Å². The Bertz CT molecular complexity index is 391. The Labute approximate surface area is 102 Å². The number of halogens is 1. The molecule has 4 nitrogen and oxygen atoms in total. The molecule has 1 aliphatic carbocycles. The number of carbonyl (C=O) groups excluding carboxylic acids is 1. The quantitative estimate of drug-likeness (QED) is 0.490. The third-order valence-corrected chi connectivity index (χ3v) is 3.48. The van der Waals surface area contributed by atoms with Crippen molar-refractivity contribution >= 4 is 27.9 Å². The van der Waals surface area contributed by atoms with Gasteiger partial charge in [-0.2, -0.15) is 0 Å². The van der Waals surface area contributed by atoms with Crippen LogP contribution in [-0.4, -0.2) is 24.2 Å². The first-order valence-corrected chi connectivity index (χ1v) is 5.55. The van der Waals surface area contributed by atoms with Crippen LogP contribution in [0.3, 0.4) is 0 Å². The Morgan fingerprint density at radius 2 is 2.06 bits per heavy atom. The van der Waals surface area contributed by atoms with Crippen LogP contribution >= 0.6 is 15.9 Å². The monoisotopic (exact) mass is 288 g/mol. The SMILES string of the molecule is COC(=O)C(Br)=C=CC1C(C(=O)O)C1(C)C. The molecule has 1 N–H and O–H groups in total. The fourth-order valence-electron chi connectivity index (χ4n) is 1.77. The Morgan fingerprint density at radius 1 is 1.50 bits per heavy atom. The zero-order valence-corrected chi connectivity index (χ0v) is 10.9. The van der Waals surface area contributed by atoms with Crippen molar-refractivity contribution < 1.29 is 19.4 Å². The van der Waals surface area contributed by atoms with Crippen LogP contribution in [-0.2, 0) is 14.3 Å². The highest BCUT2D eigenvalue weighted by molar-refractivity contribution is 9.12. The molecule has 0 spiro atoms. The van der Waals surface area contributed by atoms with E-state index < -0.39 is 17.9 Å². The van der Waals surface area contributed by atoms with E-state index in [1.807, 2.05) is 13.8 Å². The maximum absolute atomic E-state index is 11.0. The second-order valence-electron chi connectivity index (χ2n) is 4.28. The van der Waals surface area contributed by atoms with Crippen molar-refractivity contribution in [1.29, 1.82) is 0 Å². The minimum atomic E-state index is -0.817. The average Bonchev–Trinajstić information content (AvgIpc) is 2.75. The molecule has 0 heterocycles. The summed E-state index contributed by atoms with van der Waals surface area (Å²) in [5.41, 5.74) is 2.43. The summed E-state index contributed by atoms with van der Waals surface area (Å²) in [6.45, 7) is 3.75. The number of rotatable bonds is 3. The smallest absolute Gasteiger partial charge is 0.352 e. The molecule has 1 rings (SSSR count). The summed E-state index contributed by atoms with van der Waals surface area (Å²) in [4.78, 5) is 21.9. The van der Waals surface area contributed by atoms with Crippen LogP contribution in [0.4, 0.5) is 0 Å². The van der Waals surface area contributed by atoms with Gasteiger partial charge in [-0.05, 0) is 27.4 Å². The second kappa shape index (κ2) is 4.44. The van der Waals surface area contributed by atoms with Crippen molar-refractivity contribution in [1.82, 2.24) is 0 Å². The average molecular weight is 289 g/mol. The Balaban J connectivity index is 2.81. The maximum atomic E-state index is 11.0. The summed E-state index contributed by atoms with van der Waals surface area (Å²) in [5.74, 6) is -1.84. The maximum Gasteiger partial charge on any atom is 0.352 e. The van der Waals surface area contributed by atoms with Gasteiger partial charge >= 0.3 is 11.9 Å². The van der Waals surface area contributed by atoms with Gasteiger partial charge in [-0.25, -0.2) is 4.79 Å².